The first-order chi connectivity index (χ1) is 15.7. The maximum Gasteiger partial charge on any atom is 0.280 e. The van der Waals surface area contributed by atoms with E-state index in [2.05, 4.69) is 4.98 Å². The molecule has 0 N–H and O–H groups in total. The van der Waals surface area contributed by atoms with E-state index in [1.54, 1.807) is 57.4 Å². The van der Waals surface area contributed by atoms with Gasteiger partial charge in [0, 0.05) is 25.2 Å². The van der Waals surface area contributed by atoms with E-state index in [4.69, 9.17) is 4.74 Å². The van der Waals surface area contributed by atoms with Gasteiger partial charge in [0.15, 0.2) is 0 Å². The lowest BCUT2D eigenvalue weighted by Gasteiger charge is -2.14. The second-order valence-corrected chi connectivity index (χ2v) is 7.89. The second-order valence-electron chi connectivity index (χ2n) is 7.89. The molecule has 168 valence electrons. The lowest BCUT2D eigenvalue weighted by Crippen LogP contribution is -2.21. The molecule has 0 saturated heterocycles. The van der Waals surface area contributed by atoms with Gasteiger partial charge in [-0.3, -0.25) is 9.59 Å². The van der Waals surface area contributed by atoms with Gasteiger partial charge in [0.05, 0.1) is 23.8 Å². The molecule has 0 atom stereocenters. The summed E-state index contributed by atoms with van der Waals surface area (Å²) >= 11 is 0. The maximum atomic E-state index is 14.3. The summed E-state index contributed by atoms with van der Waals surface area (Å²) in [7, 11) is 3.32. The summed E-state index contributed by atoms with van der Waals surface area (Å²) in [6.45, 7) is 1.48. The summed E-state index contributed by atoms with van der Waals surface area (Å²) in [5.41, 5.74) is 0.792. The molecule has 0 aliphatic rings. The molecule has 0 radical (unpaired) electrons. The van der Waals surface area contributed by atoms with E-state index in [1.165, 1.54) is 34.0 Å². The first-order valence-electron chi connectivity index (χ1n) is 10.2. The van der Waals surface area contributed by atoms with Crippen LogP contribution in [-0.2, 0) is 6.54 Å². The molecule has 33 heavy (non-hydrogen) atoms. The van der Waals surface area contributed by atoms with Crippen LogP contribution in [0.2, 0.25) is 0 Å². The first-order valence-corrected chi connectivity index (χ1v) is 10.2. The Morgan fingerprint density at radius 3 is 2.42 bits per heavy atom. The molecule has 0 fully saturated rings. The molecule has 0 saturated carbocycles. The molecule has 0 aliphatic carbocycles. The zero-order chi connectivity index (χ0) is 23.7. The number of carbonyl (C=O) groups is 1. The molecule has 3 aromatic carbocycles. The molecule has 1 aromatic heterocycles. The number of fused-ring (bicyclic) bond motifs is 1. The van der Waals surface area contributed by atoms with Gasteiger partial charge in [-0.15, -0.1) is 0 Å². The number of aromatic nitrogens is 2. The van der Waals surface area contributed by atoms with Crippen LogP contribution in [0, 0.1) is 18.6 Å². The van der Waals surface area contributed by atoms with Crippen molar-refractivity contribution in [2.75, 3.05) is 14.1 Å². The lowest BCUT2D eigenvalue weighted by atomic mass is 10.1. The highest BCUT2D eigenvalue weighted by Gasteiger charge is 2.14. The molecule has 1 amide bonds. The summed E-state index contributed by atoms with van der Waals surface area (Å²) < 4.78 is 36.0. The minimum absolute atomic E-state index is 0.116. The molecule has 4 rings (SSSR count). The number of halogens is 2. The van der Waals surface area contributed by atoms with Gasteiger partial charge in [-0.1, -0.05) is 6.07 Å². The van der Waals surface area contributed by atoms with Crippen molar-refractivity contribution >= 4 is 16.8 Å². The molecule has 0 spiro atoms. The van der Waals surface area contributed by atoms with E-state index in [-0.39, 0.29) is 23.4 Å². The minimum Gasteiger partial charge on any atom is -0.457 e. The highest BCUT2D eigenvalue weighted by molar-refractivity contribution is 5.94. The van der Waals surface area contributed by atoms with Crippen molar-refractivity contribution in [2.45, 2.75) is 13.5 Å². The number of hydrogen-bond donors (Lipinski definition) is 0. The van der Waals surface area contributed by atoms with Gasteiger partial charge in [0.25, 0.3) is 11.5 Å². The van der Waals surface area contributed by atoms with Crippen LogP contribution in [0.15, 0.2) is 65.7 Å². The zero-order valence-corrected chi connectivity index (χ0v) is 18.3. The van der Waals surface area contributed by atoms with Crippen LogP contribution in [0.3, 0.4) is 0 Å². The SMILES string of the molecule is Cc1cc(F)c(Cn2cnc(=O)c3cc(Oc4cccc(C(=O)N(C)C)c4)ccc32)c(F)c1. The fourth-order valence-electron chi connectivity index (χ4n) is 3.52. The molecule has 6 nitrogen and oxygen atoms in total. The Kier molecular flexibility index (Phi) is 5.91. The van der Waals surface area contributed by atoms with Crippen molar-refractivity contribution in [1.82, 2.24) is 14.5 Å². The van der Waals surface area contributed by atoms with E-state index in [9.17, 15) is 18.4 Å². The standard InChI is InChI=1S/C25H21F2N3O3/c1-15-9-21(26)20(22(27)10-15)13-30-14-28-24(31)19-12-18(7-8-23(19)30)33-17-6-4-5-16(11-17)25(32)29(2)3/h4-12,14H,13H2,1-3H3. The fraction of sp³-hybridized carbons (Fsp3) is 0.160. The van der Waals surface area contributed by atoms with E-state index in [0.717, 1.165) is 0 Å². The average Bonchev–Trinajstić information content (AvgIpc) is 2.77. The molecule has 4 aromatic rings. The molecular formula is C25H21F2N3O3. The largest absolute Gasteiger partial charge is 0.457 e. The third kappa shape index (κ3) is 4.59. The smallest absolute Gasteiger partial charge is 0.280 e. The van der Waals surface area contributed by atoms with Gasteiger partial charge in [-0.2, -0.15) is 4.98 Å². The van der Waals surface area contributed by atoms with Crippen LogP contribution in [0.4, 0.5) is 8.78 Å². The van der Waals surface area contributed by atoms with Crippen LogP contribution in [0.25, 0.3) is 10.9 Å². The maximum absolute atomic E-state index is 14.3. The number of amides is 1. The summed E-state index contributed by atoms with van der Waals surface area (Å²) in [4.78, 5) is 29.9. The highest BCUT2D eigenvalue weighted by Crippen LogP contribution is 2.26. The highest BCUT2D eigenvalue weighted by atomic mass is 19.1. The second kappa shape index (κ2) is 8.82. The molecule has 0 bridgehead atoms. The molecule has 1 heterocycles. The Hall–Kier alpha value is -4.07. The molecule has 0 unspecified atom stereocenters. The third-order valence-corrected chi connectivity index (χ3v) is 5.16. The van der Waals surface area contributed by atoms with Crippen LogP contribution in [-0.4, -0.2) is 34.5 Å². The van der Waals surface area contributed by atoms with Crippen molar-refractivity contribution in [2.24, 2.45) is 0 Å². The number of aryl methyl sites for hydroxylation is 1. The Morgan fingerprint density at radius 1 is 1.03 bits per heavy atom. The number of benzene rings is 3. The van der Waals surface area contributed by atoms with Gasteiger partial charge in [-0.05, 0) is 61.0 Å². The van der Waals surface area contributed by atoms with Crippen molar-refractivity contribution in [3.63, 3.8) is 0 Å². The fourth-order valence-corrected chi connectivity index (χ4v) is 3.52. The van der Waals surface area contributed by atoms with Gasteiger partial charge >= 0.3 is 0 Å². The summed E-state index contributed by atoms with van der Waals surface area (Å²) in [6.07, 6.45) is 1.26. The Balaban J connectivity index is 1.68. The van der Waals surface area contributed by atoms with Crippen LogP contribution in [0.1, 0.15) is 21.5 Å². The quantitative estimate of drug-likeness (QED) is 0.449. The summed E-state index contributed by atoms with van der Waals surface area (Å²) in [5, 5.41) is 0.239. The average molecular weight is 449 g/mol. The van der Waals surface area contributed by atoms with Gasteiger partial charge in [-0.25, -0.2) is 8.78 Å². The Morgan fingerprint density at radius 2 is 1.73 bits per heavy atom. The zero-order valence-electron chi connectivity index (χ0n) is 18.3. The molecule has 0 aliphatic heterocycles. The first kappa shape index (κ1) is 22.1. The Bertz CT molecular complexity index is 1410. The van der Waals surface area contributed by atoms with E-state index >= 15 is 0 Å². The number of nitrogens with zero attached hydrogens (tertiary/aromatic N) is 3. The van der Waals surface area contributed by atoms with E-state index < -0.39 is 17.2 Å². The third-order valence-electron chi connectivity index (χ3n) is 5.16. The lowest BCUT2D eigenvalue weighted by molar-refractivity contribution is 0.0827. The number of rotatable bonds is 5. The Labute approximate surface area is 188 Å². The van der Waals surface area contributed by atoms with E-state index in [0.29, 0.717) is 28.1 Å². The molecular weight excluding hydrogens is 428 g/mol. The van der Waals surface area contributed by atoms with Gasteiger partial charge in [0.1, 0.15) is 23.1 Å². The topological polar surface area (TPSA) is 64.4 Å². The van der Waals surface area contributed by atoms with Crippen LogP contribution < -0.4 is 10.3 Å². The van der Waals surface area contributed by atoms with Crippen molar-refractivity contribution in [3.8, 4) is 11.5 Å². The van der Waals surface area contributed by atoms with E-state index in [1.807, 2.05) is 0 Å². The number of carbonyl (C=O) groups excluding carboxylic acids is 1. The normalized spacial score (nSPS) is 10.9. The van der Waals surface area contributed by atoms with Crippen molar-refractivity contribution < 1.29 is 18.3 Å². The predicted molar refractivity (Wildman–Crippen MR) is 121 cm³/mol. The summed E-state index contributed by atoms with van der Waals surface area (Å²) in [5.74, 6) is -0.698. The number of hydrogen-bond acceptors (Lipinski definition) is 4. The van der Waals surface area contributed by atoms with Crippen LogP contribution >= 0.6 is 0 Å². The molecule has 8 heteroatoms. The van der Waals surface area contributed by atoms with Crippen LogP contribution in [0.5, 0.6) is 11.5 Å². The van der Waals surface area contributed by atoms with Gasteiger partial charge < -0.3 is 14.2 Å². The minimum atomic E-state index is -0.661. The van der Waals surface area contributed by atoms with Gasteiger partial charge in [0.2, 0.25) is 0 Å². The van der Waals surface area contributed by atoms with Crippen molar-refractivity contribution in [1.29, 1.82) is 0 Å². The van der Waals surface area contributed by atoms with Crippen molar-refractivity contribution in [3.05, 3.63) is 99.6 Å². The predicted octanol–water partition coefficient (Wildman–Crippen LogP) is 4.53. The summed E-state index contributed by atoms with van der Waals surface area (Å²) in [6, 6.07) is 14.0. The monoisotopic (exact) mass is 449 g/mol. The number of ether oxygens (including phenoxy) is 1.